The minimum Gasteiger partial charge on any atom is -0.468 e. The van der Waals surface area contributed by atoms with Gasteiger partial charge in [-0.1, -0.05) is 38.5 Å². The average Bonchev–Trinajstić information content (AvgIpc) is 2.78. The summed E-state index contributed by atoms with van der Waals surface area (Å²) < 4.78 is 10.1. The van der Waals surface area contributed by atoms with Crippen molar-refractivity contribution in [3.8, 4) is 0 Å². The Kier molecular flexibility index (Phi) is 11.2. The van der Waals surface area contributed by atoms with Crippen molar-refractivity contribution in [1.82, 2.24) is 15.5 Å². The van der Waals surface area contributed by atoms with Crippen LogP contribution in [0.3, 0.4) is 0 Å². The van der Waals surface area contributed by atoms with Gasteiger partial charge in [0.2, 0.25) is 11.8 Å². The molecule has 0 aliphatic carbocycles. The van der Waals surface area contributed by atoms with Gasteiger partial charge in [0.15, 0.2) is 0 Å². The predicted octanol–water partition coefficient (Wildman–Crippen LogP) is 4.20. The normalized spacial score (nSPS) is 14.1. The van der Waals surface area contributed by atoms with Crippen LogP contribution >= 0.6 is 0 Å². The van der Waals surface area contributed by atoms with E-state index in [1.165, 1.54) is 12.0 Å². The zero-order valence-electron chi connectivity index (χ0n) is 24.3. The van der Waals surface area contributed by atoms with Gasteiger partial charge in [-0.05, 0) is 78.0 Å². The van der Waals surface area contributed by atoms with Crippen LogP contribution in [-0.4, -0.2) is 59.6 Å². The fourth-order valence-corrected chi connectivity index (χ4v) is 3.91. The summed E-state index contributed by atoms with van der Waals surface area (Å²) in [7, 11) is 1.24. The van der Waals surface area contributed by atoms with Crippen molar-refractivity contribution in [1.29, 1.82) is 0 Å². The number of benzene rings is 1. The molecule has 2 N–H and O–H groups in total. The van der Waals surface area contributed by atoms with Crippen molar-refractivity contribution in [2.75, 3.05) is 13.7 Å². The summed E-state index contributed by atoms with van der Waals surface area (Å²) in [6, 6.07) is 3.55. The van der Waals surface area contributed by atoms with Crippen LogP contribution in [0.5, 0.6) is 0 Å². The summed E-state index contributed by atoms with van der Waals surface area (Å²) in [6.45, 7) is 18.0. The van der Waals surface area contributed by atoms with Gasteiger partial charge in [-0.2, -0.15) is 0 Å². The fraction of sp³-hybridized carbons (Fsp3) is 0.643. The summed E-state index contributed by atoms with van der Waals surface area (Å²) in [5.41, 5.74) is 0.858. The van der Waals surface area contributed by atoms with Gasteiger partial charge >= 0.3 is 12.1 Å². The third-order valence-electron chi connectivity index (χ3n) is 6.19. The first-order chi connectivity index (χ1) is 16.9. The Morgan fingerprint density at radius 1 is 1.03 bits per heavy atom. The van der Waals surface area contributed by atoms with E-state index in [-0.39, 0.29) is 12.5 Å². The van der Waals surface area contributed by atoms with Crippen LogP contribution in [0.15, 0.2) is 18.2 Å². The molecule has 0 saturated carbocycles. The van der Waals surface area contributed by atoms with Crippen molar-refractivity contribution >= 4 is 23.9 Å². The van der Waals surface area contributed by atoms with Crippen molar-refractivity contribution in [3.05, 3.63) is 34.9 Å². The zero-order chi connectivity index (χ0) is 28.7. The molecule has 1 rings (SSSR count). The third-order valence-corrected chi connectivity index (χ3v) is 6.19. The van der Waals surface area contributed by atoms with Crippen LogP contribution in [0, 0.1) is 19.8 Å². The van der Waals surface area contributed by atoms with Gasteiger partial charge in [0.05, 0.1) is 7.11 Å². The number of carbonyl (C=O) groups excluding carboxylic acids is 4. The number of ether oxygens (including phenoxy) is 2. The number of nitrogens with one attached hydrogen (secondary N) is 2. The maximum Gasteiger partial charge on any atom is 0.408 e. The number of alkyl carbamates (subject to hydrolysis) is 1. The Bertz CT molecular complexity index is 977. The van der Waals surface area contributed by atoms with Crippen LogP contribution in [0.2, 0.25) is 0 Å². The first kappa shape index (κ1) is 31.9. The van der Waals surface area contributed by atoms with Crippen LogP contribution in [0.4, 0.5) is 4.79 Å². The highest BCUT2D eigenvalue weighted by Crippen LogP contribution is 2.33. The van der Waals surface area contributed by atoms with Crippen molar-refractivity contribution in [3.63, 3.8) is 0 Å². The molecular formula is C28H45N3O6. The number of rotatable bonds is 9. The lowest BCUT2D eigenvalue weighted by molar-refractivity contribution is -0.150. The molecule has 3 atom stereocenters. The van der Waals surface area contributed by atoms with Crippen LogP contribution < -0.4 is 10.6 Å². The van der Waals surface area contributed by atoms with E-state index in [1.54, 1.807) is 26.8 Å². The van der Waals surface area contributed by atoms with Gasteiger partial charge in [0.1, 0.15) is 24.2 Å². The van der Waals surface area contributed by atoms with Gasteiger partial charge in [0, 0.05) is 5.54 Å². The fourth-order valence-electron chi connectivity index (χ4n) is 3.91. The lowest BCUT2D eigenvalue weighted by Crippen LogP contribution is -2.60. The predicted molar refractivity (Wildman–Crippen MR) is 143 cm³/mol. The second-order valence-electron chi connectivity index (χ2n) is 11.4. The number of hydrogen-bond donors (Lipinski definition) is 2. The summed E-state index contributed by atoms with van der Waals surface area (Å²) in [5, 5.41) is 5.37. The smallest absolute Gasteiger partial charge is 0.408 e. The van der Waals surface area contributed by atoms with Gasteiger partial charge in [0.25, 0.3) is 0 Å². The molecule has 0 heterocycles. The van der Waals surface area contributed by atoms with Crippen molar-refractivity contribution in [2.45, 2.75) is 98.9 Å². The molecule has 37 heavy (non-hydrogen) atoms. The first-order valence-electron chi connectivity index (χ1n) is 12.7. The van der Waals surface area contributed by atoms with E-state index in [0.29, 0.717) is 12.0 Å². The molecule has 9 nitrogen and oxygen atoms in total. The van der Waals surface area contributed by atoms with E-state index < -0.39 is 47.1 Å². The summed E-state index contributed by atoms with van der Waals surface area (Å²) >= 11 is 0. The molecule has 1 aromatic carbocycles. The van der Waals surface area contributed by atoms with E-state index in [9.17, 15) is 19.2 Å². The molecule has 0 saturated heterocycles. The minimum absolute atomic E-state index is 0.248. The van der Waals surface area contributed by atoms with E-state index in [2.05, 4.69) is 15.4 Å². The van der Waals surface area contributed by atoms with E-state index >= 15 is 0 Å². The summed E-state index contributed by atoms with van der Waals surface area (Å²) in [5.74, 6) is -1.80. The van der Waals surface area contributed by atoms with Crippen molar-refractivity contribution < 1.29 is 28.7 Å². The highest BCUT2D eigenvalue weighted by Gasteiger charge is 2.43. The lowest BCUT2D eigenvalue weighted by Gasteiger charge is -2.44. The molecule has 0 bridgehead atoms. The number of methoxy groups -OCH3 is 1. The SMILES string of the molecule is CCC(C)C(NC(=O)OC(C)(C)C)C(=O)N(C(C(=O)NCC(=O)OC)c1cccc(C)c1C)C(C)(C)C. The number of amides is 3. The van der Waals surface area contributed by atoms with Crippen LogP contribution in [-0.2, 0) is 23.9 Å². The van der Waals surface area contributed by atoms with E-state index in [4.69, 9.17) is 4.74 Å². The van der Waals surface area contributed by atoms with E-state index in [1.807, 2.05) is 60.6 Å². The second-order valence-corrected chi connectivity index (χ2v) is 11.4. The maximum absolute atomic E-state index is 14.3. The van der Waals surface area contributed by atoms with E-state index in [0.717, 1.165) is 11.1 Å². The number of carbonyl (C=O) groups is 4. The molecule has 1 aromatic rings. The molecule has 9 heteroatoms. The Labute approximate surface area is 221 Å². The van der Waals surface area contributed by atoms with Crippen molar-refractivity contribution in [2.24, 2.45) is 5.92 Å². The highest BCUT2D eigenvalue weighted by atomic mass is 16.6. The highest BCUT2D eigenvalue weighted by molar-refractivity contribution is 5.94. The van der Waals surface area contributed by atoms with Gasteiger partial charge in [-0.25, -0.2) is 4.79 Å². The molecule has 0 aliphatic heterocycles. The molecular weight excluding hydrogens is 474 g/mol. The number of nitrogens with zero attached hydrogens (tertiary/aromatic N) is 1. The Balaban J connectivity index is 3.67. The van der Waals surface area contributed by atoms with Crippen LogP contribution in [0.25, 0.3) is 0 Å². The molecule has 3 amide bonds. The molecule has 3 unspecified atom stereocenters. The maximum atomic E-state index is 14.3. The largest absolute Gasteiger partial charge is 0.468 e. The Morgan fingerprint density at radius 2 is 1.62 bits per heavy atom. The lowest BCUT2D eigenvalue weighted by atomic mass is 9.89. The molecule has 0 spiro atoms. The number of hydrogen-bond acceptors (Lipinski definition) is 6. The molecule has 0 aliphatic rings. The Hall–Kier alpha value is -3.10. The van der Waals surface area contributed by atoms with Gasteiger partial charge in [-0.15, -0.1) is 0 Å². The first-order valence-corrected chi connectivity index (χ1v) is 12.7. The quantitative estimate of drug-likeness (QED) is 0.473. The van der Waals surface area contributed by atoms with Crippen LogP contribution in [0.1, 0.15) is 84.5 Å². The minimum atomic E-state index is -1.07. The zero-order valence-corrected chi connectivity index (χ0v) is 24.3. The standard InChI is InChI=1S/C28H45N3O6/c1-12-17(2)22(30-26(35)37-28(8,9)10)25(34)31(27(5,6)7)23(24(33)29-16-21(32)36-11)20-15-13-14-18(3)19(20)4/h13-15,17,22-23H,12,16H2,1-11H3,(H,29,33)(H,30,35). The van der Waals surface area contributed by atoms with Gasteiger partial charge in [-0.3, -0.25) is 14.4 Å². The molecule has 208 valence electrons. The number of aryl methyl sites for hydroxylation is 1. The summed E-state index contributed by atoms with van der Waals surface area (Å²) in [4.78, 5) is 54.0. The third kappa shape index (κ3) is 9.05. The second kappa shape index (κ2) is 12.9. The molecule has 0 fully saturated rings. The topological polar surface area (TPSA) is 114 Å². The average molecular weight is 520 g/mol. The molecule has 0 aromatic heterocycles. The molecule has 0 radical (unpaired) electrons. The summed E-state index contributed by atoms with van der Waals surface area (Å²) in [6.07, 6.45) is -0.106. The number of esters is 1. The van der Waals surface area contributed by atoms with Gasteiger partial charge < -0.3 is 25.0 Å². The monoisotopic (exact) mass is 519 g/mol. The Morgan fingerprint density at radius 3 is 2.11 bits per heavy atom.